The predicted octanol–water partition coefficient (Wildman–Crippen LogP) is 2.47. The normalized spacial score (nSPS) is 23.3. The summed E-state index contributed by atoms with van der Waals surface area (Å²) < 4.78 is 2.14. The molecule has 0 aromatic carbocycles. The summed E-state index contributed by atoms with van der Waals surface area (Å²) in [6.07, 6.45) is 10.5. The number of H-pyrrole nitrogens is 1. The molecule has 3 fully saturated rings. The fraction of sp³-hybridized carbons (Fsp3) is 0.591. The summed E-state index contributed by atoms with van der Waals surface area (Å²) in [6.45, 7) is 2.08. The van der Waals surface area contributed by atoms with Gasteiger partial charge in [-0.3, -0.25) is 9.59 Å². The van der Waals surface area contributed by atoms with Crippen LogP contribution in [0.4, 0.5) is 0 Å². The molecule has 0 radical (unpaired) electrons. The lowest BCUT2D eigenvalue weighted by molar-refractivity contribution is -0.143. The fourth-order valence-corrected chi connectivity index (χ4v) is 5.34. The van der Waals surface area contributed by atoms with Crippen molar-refractivity contribution in [2.45, 2.75) is 56.5 Å². The number of likely N-dealkylation sites (tertiary alicyclic amines) is 1. The second-order valence-corrected chi connectivity index (χ2v) is 9.10. The number of piperidine rings is 1. The fourth-order valence-electron chi connectivity index (χ4n) is 5.34. The van der Waals surface area contributed by atoms with Crippen LogP contribution in [0.25, 0.3) is 0 Å². The largest absolute Gasteiger partial charge is 0.348 e. The van der Waals surface area contributed by atoms with Gasteiger partial charge in [0, 0.05) is 49.9 Å². The van der Waals surface area contributed by atoms with Crippen LogP contribution >= 0.6 is 0 Å². The van der Waals surface area contributed by atoms with E-state index >= 15 is 0 Å². The molecule has 2 amide bonds. The van der Waals surface area contributed by atoms with Gasteiger partial charge in [-0.1, -0.05) is 0 Å². The maximum Gasteiger partial charge on any atom is 0.270 e. The molecule has 29 heavy (non-hydrogen) atoms. The number of amides is 2. The first-order chi connectivity index (χ1) is 14.2. The first-order valence-corrected chi connectivity index (χ1v) is 11.0. The van der Waals surface area contributed by atoms with Crippen LogP contribution in [-0.4, -0.2) is 55.8 Å². The summed E-state index contributed by atoms with van der Waals surface area (Å²) in [5.74, 6) is 0.616. The predicted molar refractivity (Wildman–Crippen MR) is 106 cm³/mol. The van der Waals surface area contributed by atoms with Crippen LogP contribution in [0.2, 0.25) is 0 Å². The molecule has 4 heterocycles. The molecule has 6 rings (SSSR count). The molecule has 1 N–H and O–H groups in total. The van der Waals surface area contributed by atoms with Crippen LogP contribution in [0.3, 0.4) is 0 Å². The molecule has 2 aliphatic heterocycles. The van der Waals surface area contributed by atoms with Gasteiger partial charge in [-0.05, 0) is 50.7 Å². The Labute approximate surface area is 170 Å². The van der Waals surface area contributed by atoms with Gasteiger partial charge in [-0.2, -0.15) is 0 Å². The summed E-state index contributed by atoms with van der Waals surface area (Å²) in [5.41, 5.74) is 2.64. The number of carbonyl (C=O) groups excluding carboxylic acids is 2. The maximum atomic E-state index is 13.2. The van der Waals surface area contributed by atoms with Crippen molar-refractivity contribution >= 4 is 11.8 Å². The Morgan fingerprint density at radius 1 is 1.10 bits per heavy atom. The number of nitrogens with one attached hydrogen (secondary N) is 1. The molecule has 7 nitrogen and oxygen atoms in total. The molecule has 0 bridgehead atoms. The number of rotatable bonds is 3. The van der Waals surface area contributed by atoms with Crippen molar-refractivity contribution in [1.29, 1.82) is 0 Å². The number of fused-ring (bicyclic) bond motifs is 2. The number of imidazole rings is 1. The van der Waals surface area contributed by atoms with Crippen molar-refractivity contribution in [3.8, 4) is 0 Å². The minimum atomic E-state index is -0.359. The lowest BCUT2D eigenvalue weighted by atomic mass is 9.78. The smallest absolute Gasteiger partial charge is 0.270 e. The minimum absolute atomic E-state index is 0.120. The Bertz CT molecular complexity index is 960. The lowest BCUT2D eigenvalue weighted by Gasteiger charge is -2.50. The van der Waals surface area contributed by atoms with Crippen LogP contribution in [0.15, 0.2) is 24.7 Å². The Kier molecular flexibility index (Phi) is 3.71. The SMILES string of the molecule is O=C(c1cccn1C1CC1)N1CCC2(CC1)c1nc[nH]c1CCN2C(=O)C1CC1. The molecule has 7 heteroatoms. The molecule has 2 aromatic rings. The summed E-state index contributed by atoms with van der Waals surface area (Å²) in [7, 11) is 0. The molecule has 1 saturated heterocycles. The van der Waals surface area contributed by atoms with Crippen LogP contribution in [0.1, 0.15) is 66.4 Å². The van der Waals surface area contributed by atoms with E-state index in [1.165, 1.54) is 0 Å². The highest BCUT2D eigenvalue weighted by atomic mass is 16.2. The van der Waals surface area contributed by atoms with Crippen LogP contribution in [0, 0.1) is 5.92 Å². The molecule has 2 saturated carbocycles. The molecular weight excluding hydrogens is 366 g/mol. The maximum absolute atomic E-state index is 13.2. The van der Waals surface area contributed by atoms with E-state index in [0.717, 1.165) is 68.6 Å². The molecule has 4 aliphatic rings. The Morgan fingerprint density at radius 2 is 1.90 bits per heavy atom. The van der Waals surface area contributed by atoms with Gasteiger partial charge in [0.1, 0.15) is 5.69 Å². The van der Waals surface area contributed by atoms with Gasteiger partial charge in [0.05, 0.1) is 17.6 Å². The average Bonchev–Trinajstić information content (AvgIpc) is 3.67. The second kappa shape index (κ2) is 6.21. The third-order valence-corrected chi connectivity index (χ3v) is 7.27. The number of hydrogen-bond acceptors (Lipinski definition) is 3. The number of nitrogens with zero attached hydrogens (tertiary/aromatic N) is 4. The summed E-state index contributed by atoms with van der Waals surface area (Å²) >= 11 is 0. The van der Waals surface area contributed by atoms with E-state index in [2.05, 4.69) is 19.4 Å². The molecule has 2 aromatic heterocycles. The molecular formula is C22H27N5O2. The van der Waals surface area contributed by atoms with E-state index < -0.39 is 0 Å². The number of carbonyl (C=O) groups is 2. The van der Waals surface area contributed by atoms with Crippen molar-refractivity contribution in [3.63, 3.8) is 0 Å². The first kappa shape index (κ1) is 17.3. The van der Waals surface area contributed by atoms with Gasteiger partial charge in [0.15, 0.2) is 0 Å². The monoisotopic (exact) mass is 393 g/mol. The number of aromatic amines is 1. The summed E-state index contributed by atoms with van der Waals surface area (Å²) in [4.78, 5) is 38.3. The summed E-state index contributed by atoms with van der Waals surface area (Å²) in [6, 6.07) is 4.42. The zero-order valence-corrected chi connectivity index (χ0v) is 16.6. The Balaban J connectivity index is 1.26. The second-order valence-electron chi connectivity index (χ2n) is 9.10. The van der Waals surface area contributed by atoms with E-state index in [-0.39, 0.29) is 17.4 Å². The van der Waals surface area contributed by atoms with Gasteiger partial charge in [-0.15, -0.1) is 0 Å². The molecule has 1 spiro atoms. The van der Waals surface area contributed by atoms with Crippen molar-refractivity contribution in [1.82, 2.24) is 24.3 Å². The van der Waals surface area contributed by atoms with E-state index in [0.29, 0.717) is 25.0 Å². The average molecular weight is 393 g/mol. The van der Waals surface area contributed by atoms with Crippen molar-refractivity contribution < 1.29 is 9.59 Å². The quantitative estimate of drug-likeness (QED) is 0.871. The lowest BCUT2D eigenvalue weighted by Crippen LogP contribution is -2.59. The topological polar surface area (TPSA) is 74.2 Å². The van der Waals surface area contributed by atoms with Crippen LogP contribution in [-0.2, 0) is 16.8 Å². The van der Waals surface area contributed by atoms with Crippen molar-refractivity contribution in [3.05, 3.63) is 41.7 Å². The minimum Gasteiger partial charge on any atom is -0.348 e. The zero-order chi connectivity index (χ0) is 19.6. The van der Waals surface area contributed by atoms with Gasteiger partial charge in [0.25, 0.3) is 5.91 Å². The first-order valence-electron chi connectivity index (χ1n) is 11.0. The van der Waals surface area contributed by atoms with Crippen LogP contribution < -0.4 is 0 Å². The van der Waals surface area contributed by atoms with E-state index in [1.54, 1.807) is 6.33 Å². The molecule has 152 valence electrons. The van der Waals surface area contributed by atoms with Gasteiger partial charge >= 0.3 is 0 Å². The standard InChI is InChI=1S/C22H27N5O2/c28-20(15-3-4-15)27-11-7-17-19(24-14-23-17)22(27)8-12-25(13-9-22)21(29)18-2-1-10-26(18)16-5-6-16/h1-2,10,14-16H,3-9,11-13H2,(H,23,24). The summed E-state index contributed by atoms with van der Waals surface area (Å²) in [5, 5.41) is 0. The highest BCUT2D eigenvalue weighted by molar-refractivity contribution is 5.93. The van der Waals surface area contributed by atoms with Crippen molar-refractivity contribution in [2.24, 2.45) is 5.92 Å². The zero-order valence-electron chi connectivity index (χ0n) is 16.6. The van der Waals surface area contributed by atoms with Crippen molar-refractivity contribution in [2.75, 3.05) is 19.6 Å². The van der Waals surface area contributed by atoms with Gasteiger partial charge < -0.3 is 19.4 Å². The van der Waals surface area contributed by atoms with Gasteiger partial charge in [-0.25, -0.2) is 4.98 Å². The molecule has 2 aliphatic carbocycles. The number of aromatic nitrogens is 3. The van der Waals surface area contributed by atoms with E-state index in [9.17, 15) is 9.59 Å². The van der Waals surface area contributed by atoms with E-state index in [4.69, 9.17) is 0 Å². The Hall–Kier alpha value is -2.57. The highest BCUT2D eigenvalue weighted by Crippen LogP contribution is 2.45. The Morgan fingerprint density at radius 3 is 2.62 bits per heavy atom. The molecule has 0 atom stereocenters. The number of hydrogen-bond donors (Lipinski definition) is 1. The molecule has 0 unspecified atom stereocenters. The third-order valence-electron chi connectivity index (χ3n) is 7.27. The third kappa shape index (κ3) is 2.66. The van der Waals surface area contributed by atoms with Gasteiger partial charge in [0.2, 0.25) is 5.91 Å². The van der Waals surface area contributed by atoms with Crippen LogP contribution in [0.5, 0.6) is 0 Å². The highest BCUT2D eigenvalue weighted by Gasteiger charge is 2.51. The van der Waals surface area contributed by atoms with E-state index in [1.807, 2.05) is 23.2 Å².